The van der Waals surface area contributed by atoms with Crippen molar-refractivity contribution in [2.75, 3.05) is 6.54 Å². The van der Waals surface area contributed by atoms with Gasteiger partial charge in [0.05, 0.1) is 17.4 Å². The molecule has 0 unspecified atom stereocenters. The molecule has 3 aliphatic rings. The number of fused-ring (bicyclic) bond motifs is 1. The zero-order valence-corrected chi connectivity index (χ0v) is 12.4. The zero-order chi connectivity index (χ0) is 15.3. The highest BCUT2D eigenvalue weighted by atomic mass is 16.4. The molecule has 0 radical (unpaired) electrons. The second-order valence-electron chi connectivity index (χ2n) is 6.81. The highest BCUT2D eigenvalue weighted by Gasteiger charge is 2.59. The summed E-state index contributed by atoms with van der Waals surface area (Å²) in [4.78, 5) is 30.4. The van der Waals surface area contributed by atoms with Crippen molar-refractivity contribution >= 4 is 11.9 Å². The van der Waals surface area contributed by atoms with Crippen LogP contribution in [-0.4, -0.2) is 33.4 Å². The van der Waals surface area contributed by atoms with Crippen molar-refractivity contribution < 1.29 is 14.7 Å². The lowest BCUT2D eigenvalue weighted by atomic mass is 9.63. The van der Waals surface area contributed by atoms with Crippen molar-refractivity contribution in [2.45, 2.75) is 37.6 Å². The Bertz CT molecular complexity index is 618. The lowest BCUT2D eigenvalue weighted by Crippen LogP contribution is -2.57. The molecule has 0 spiro atoms. The van der Waals surface area contributed by atoms with E-state index < -0.39 is 11.9 Å². The normalized spacial score (nSPS) is 36.2. The molecular formula is C17H20N2O3. The van der Waals surface area contributed by atoms with E-state index in [0.717, 1.165) is 31.4 Å². The standard InChI is InChI=1S/C17H20N2O3/c20-15(13-3-4-14(13)16(21)22)19-9-6-11-5-7-17(11,19)12-2-1-8-18-10-12/h1-2,8,10-11,13-14H,3-7,9H2,(H,21,22)/t11-,13-,14+,17-/m0/s1. The fraction of sp³-hybridized carbons (Fsp3) is 0.588. The number of hydrogen-bond acceptors (Lipinski definition) is 3. The fourth-order valence-electron chi connectivity index (χ4n) is 4.60. The summed E-state index contributed by atoms with van der Waals surface area (Å²) in [6.45, 7) is 0.751. The second-order valence-corrected chi connectivity index (χ2v) is 6.81. The predicted molar refractivity (Wildman–Crippen MR) is 78.8 cm³/mol. The first-order valence-corrected chi connectivity index (χ1v) is 8.09. The number of pyridine rings is 1. The molecule has 5 heteroatoms. The fourth-order valence-corrected chi connectivity index (χ4v) is 4.60. The van der Waals surface area contributed by atoms with Crippen molar-refractivity contribution in [3.8, 4) is 0 Å². The third-order valence-corrected chi connectivity index (χ3v) is 6.07. The maximum absolute atomic E-state index is 13.0. The first-order valence-electron chi connectivity index (χ1n) is 8.09. The Morgan fingerprint density at radius 3 is 2.59 bits per heavy atom. The quantitative estimate of drug-likeness (QED) is 0.927. The highest BCUT2D eigenvalue weighted by molar-refractivity contribution is 5.87. The molecule has 1 amide bonds. The Labute approximate surface area is 129 Å². The van der Waals surface area contributed by atoms with Crippen molar-refractivity contribution in [2.24, 2.45) is 17.8 Å². The van der Waals surface area contributed by atoms with Crippen LogP contribution in [-0.2, 0) is 15.1 Å². The third kappa shape index (κ3) is 1.68. The number of aromatic nitrogens is 1. The molecule has 2 aliphatic carbocycles. The van der Waals surface area contributed by atoms with Crippen LogP contribution in [0.3, 0.4) is 0 Å². The Kier molecular flexibility index (Phi) is 2.99. The van der Waals surface area contributed by atoms with Crippen LogP contribution < -0.4 is 0 Å². The molecule has 4 rings (SSSR count). The van der Waals surface area contributed by atoms with Crippen LogP contribution in [0.2, 0.25) is 0 Å². The highest BCUT2D eigenvalue weighted by Crippen LogP contribution is 2.57. The third-order valence-electron chi connectivity index (χ3n) is 6.07. The molecule has 3 fully saturated rings. The number of carboxylic acid groups (broad SMARTS) is 1. The molecule has 0 aromatic carbocycles. The van der Waals surface area contributed by atoms with Gasteiger partial charge in [0.2, 0.25) is 5.91 Å². The van der Waals surface area contributed by atoms with E-state index in [4.69, 9.17) is 0 Å². The summed E-state index contributed by atoms with van der Waals surface area (Å²) in [6, 6.07) is 3.98. The molecule has 0 bridgehead atoms. The van der Waals surface area contributed by atoms with Crippen LogP contribution in [0, 0.1) is 17.8 Å². The van der Waals surface area contributed by atoms with E-state index in [1.807, 2.05) is 17.2 Å². The van der Waals surface area contributed by atoms with Crippen LogP contribution in [0.4, 0.5) is 0 Å². The van der Waals surface area contributed by atoms with Crippen LogP contribution in [0.5, 0.6) is 0 Å². The molecule has 22 heavy (non-hydrogen) atoms. The number of carbonyl (C=O) groups excluding carboxylic acids is 1. The number of rotatable bonds is 3. The van der Waals surface area contributed by atoms with Gasteiger partial charge in [-0.15, -0.1) is 0 Å². The van der Waals surface area contributed by atoms with Crippen molar-refractivity contribution in [3.63, 3.8) is 0 Å². The molecule has 2 saturated carbocycles. The smallest absolute Gasteiger partial charge is 0.307 e. The van der Waals surface area contributed by atoms with Gasteiger partial charge in [0.25, 0.3) is 0 Å². The van der Waals surface area contributed by atoms with Crippen LogP contribution in [0.1, 0.15) is 37.7 Å². The van der Waals surface area contributed by atoms with Crippen LogP contribution >= 0.6 is 0 Å². The predicted octanol–water partition coefficient (Wildman–Crippen LogP) is 2.03. The van der Waals surface area contributed by atoms with E-state index >= 15 is 0 Å². The molecule has 1 aliphatic heterocycles. The first kappa shape index (κ1) is 13.7. The Morgan fingerprint density at radius 2 is 2.05 bits per heavy atom. The Morgan fingerprint density at radius 1 is 1.23 bits per heavy atom. The number of nitrogens with zero attached hydrogens (tertiary/aromatic N) is 2. The van der Waals surface area contributed by atoms with Gasteiger partial charge in [0, 0.05) is 18.9 Å². The molecule has 4 atom stereocenters. The summed E-state index contributed by atoms with van der Waals surface area (Å²) >= 11 is 0. The number of aliphatic carboxylic acids is 1. The number of hydrogen-bond donors (Lipinski definition) is 1. The molecule has 116 valence electrons. The molecule has 1 aromatic rings. The van der Waals surface area contributed by atoms with Gasteiger partial charge in [-0.25, -0.2) is 0 Å². The van der Waals surface area contributed by atoms with Gasteiger partial charge < -0.3 is 10.0 Å². The van der Waals surface area contributed by atoms with Gasteiger partial charge in [-0.1, -0.05) is 6.07 Å². The lowest BCUT2D eigenvalue weighted by molar-refractivity contribution is -0.161. The number of carbonyl (C=O) groups is 2. The van der Waals surface area contributed by atoms with E-state index in [1.54, 1.807) is 6.20 Å². The van der Waals surface area contributed by atoms with E-state index in [-0.39, 0.29) is 17.4 Å². The summed E-state index contributed by atoms with van der Waals surface area (Å²) in [5.74, 6) is -1.10. The molecule has 5 nitrogen and oxygen atoms in total. The van der Waals surface area contributed by atoms with Gasteiger partial charge in [-0.3, -0.25) is 14.6 Å². The largest absolute Gasteiger partial charge is 0.481 e. The maximum atomic E-state index is 13.0. The van der Waals surface area contributed by atoms with Crippen molar-refractivity contribution in [1.29, 1.82) is 0 Å². The van der Waals surface area contributed by atoms with Crippen LogP contribution in [0.25, 0.3) is 0 Å². The zero-order valence-electron chi connectivity index (χ0n) is 12.4. The van der Waals surface area contributed by atoms with Gasteiger partial charge in [0.1, 0.15) is 0 Å². The maximum Gasteiger partial charge on any atom is 0.307 e. The van der Waals surface area contributed by atoms with Crippen molar-refractivity contribution in [3.05, 3.63) is 30.1 Å². The SMILES string of the molecule is O=C(O)[C@@H]1CC[C@@H]1C(=O)N1CC[C@@H]2CC[C@@]21c1cccnc1. The lowest BCUT2D eigenvalue weighted by Gasteiger charge is -2.52. The average molecular weight is 300 g/mol. The second kappa shape index (κ2) is 4.80. The minimum atomic E-state index is -0.829. The summed E-state index contributed by atoms with van der Waals surface area (Å²) in [5.41, 5.74) is 0.896. The minimum Gasteiger partial charge on any atom is -0.481 e. The van der Waals surface area contributed by atoms with E-state index in [9.17, 15) is 14.7 Å². The van der Waals surface area contributed by atoms with E-state index in [0.29, 0.717) is 18.8 Å². The molecule has 1 saturated heterocycles. The minimum absolute atomic E-state index is 0.0460. The molecule has 1 N–H and O–H groups in total. The number of amides is 1. The molecular weight excluding hydrogens is 280 g/mol. The van der Waals surface area contributed by atoms with Crippen molar-refractivity contribution in [1.82, 2.24) is 9.88 Å². The van der Waals surface area contributed by atoms with Gasteiger partial charge in [0.15, 0.2) is 0 Å². The monoisotopic (exact) mass is 300 g/mol. The van der Waals surface area contributed by atoms with Crippen LogP contribution in [0.15, 0.2) is 24.5 Å². The summed E-state index contributed by atoms with van der Waals surface area (Å²) < 4.78 is 0. The number of carboxylic acids is 1. The van der Waals surface area contributed by atoms with Gasteiger partial charge in [-0.05, 0) is 49.7 Å². The summed E-state index contributed by atoms with van der Waals surface area (Å²) in [5, 5.41) is 9.23. The Balaban J connectivity index is 1.64. The number of likely N-dealkylation sites (tertiary alicyclic amines) is 1. The van der Waals surface area contributed by atoms with E-state index in [1.165, 1.54) is 0 Å². The topological polar surface area (TPSA) is 70.5 Å². The first-order chi connectivity index (χ1) is 10.6. The van der Waals surface area contributed by atoms with E-state index in [2.05, 4.69) is 11.1 Å². The van der Waals surface area contributed by atoms with Gasteiger partial charge in [-0.2, -0.15) is 0 Å². The summed E-state index contributed by atoms with van der Waals surface area (Å²) in [6.07, 6.45) is 8.09. The average Bonchev–Trinajstić information content (AvgIpc) is 2.69. The molecule has 2 heterocycles. The van der Waals surface area contributed by atoms with Gasteiger partial charge >= 0.3 is 5.97 Å². The Hall–Kier alpha value is -1.91. The summed E-state index contributed by atoms with van der Waals surface area (Å²) in [7, 11) is 0. The molecule has 1 aromatic heterocycles.